The number of aliphatic hydroxyl groups excluding tert-OH is 2. The summed E-state index contributed by atoms with van der Waals surface area (Å²) in [7, 11) is 0. The first-order valence-electron chi connectivity index (χ1n) is 5.62. The average molecular weight is 287 g/mol. The van der Waals surface area contributed by atoms with Gasteiger partial charge in [0.15, 0.2) is 0 Å². The van der Waals surface area contributed by atoms with E-state index in [-0.39, 0.29) is 25.3 Å². The molecule has 0 saturated heterocycles. The second kappa shape index (κ2) is 7.73. The Morgan fingerprint density at radius 1 is 1.21 bits per heavy atom. The summed E-state index contributed by atoms with van der Waals surface area (Å²) in [6.07, 6.45) is 0. The summed E-state index contributed by atoms with van der Waals surface area (Å²) in [6, 6.07) is 5.74. The normalized spacial score (nSPS) is 10.3. The smallest absolute Gasteiger partial charge is 0.253 e. The topological polar surface area (TPSA) is 98.7 Å². The third kappa shape index (κ3) is 4.86. The van der Waals surface area contributed by atoms with Crippen molar-refractivity contribution in [1.29, 1.82) is 0 Å². The molecule has 0 aliphatic heterocycles. The highest BCUT2D eigenvalue weighted by Gasteiger charge is 2.13. The van der Waals surface area contributed by atoms with Crippen molar-refractivity contribution in [2.24, 2.45) is 0 Å². The van der Waals surface area contributed by atoms with E-state index in [1.54, 1.807) is 24.3 Å². The van der Waals surface area contributed by atoms with Gasteiger partial charge in [-0.15, -0.1) is 0 Å². The first-order chi connectivity index (χ1) is 9.08. The number of benzene rings is 1. The molecule has 0 aliphatic rings. The molecule has 19 heavy (non-hydrogen) atoms. The van der Waals surface area contributed by atoms with Gasteiger partial charge in [0.2, 0.25) is 5.91 Å². The number of rotatable bonds is 6. The molecule has 4 N–H and O–H groups in total. The maximum Gasteiger partial charge on any atom is 0.253 e. The van der Waals surface area contributed by atoms with Gasteiger partial charge in [-0.05, 0) is 12.1 Å². The van der Waals surface area contributed by atoms with Gasteiger partial charge in [-0.3, -0.25) is 9.59 Å². The van der Waals surface area contributed by atoms with Gasteiger partial charge in [0.1, 0.15) is 0 Å². The van der Waals surface area contributed by atoms with E-state index >= 15 is 0 Å². The Kier molecular flexibility index (Phi) is 6.27. The van der Waals surface area contributed by atoms with Gasteiger partial charge in [0, 0.05) is 0 Å². The fraction of sp³-hybridized carbons (Fsp3) is 0.333. The van der Waals surface area contributed by atoms with E-state index in [0.717, 1.165) is 0 Å². The van der Waals surface area contributed by atoms with Crippen LogP contribution in [0.5, 0.6) is 0 Å². The number of amides is 2. The van der Waals surface area contributed by atoms with Gasteiger partial charge in [0.05, 0.1) is 36.4 Å². The lowest BCUT2D eigenvalue weighted by Gasteiger charge is -2.13. The lowest BCUT2D eigenvalue weighted by molar-refractivity contribution is -0.121. The lowest BCUT2D eigenvalue weighted by atomic mass is 10.2. The van der Waals surface area contributed by atoms with Gasteiger partial charge in [-0.2, -0.15) is 0 Å². The van der Waals surface area contributed by atoms with Crippen molar-refractivity contribution >= 4 is 23.4 Å². The number of aliphatic hydroxyl groups is 2. The summed E-state index contributed by atoms with van der Waals surface area (Å²) in [5, 5.41) is 22.6. The zero-order valence-electron chi connectivity index (χ0n) is 10.1. The Morgan fingerprint density at radius 3 is 2.42 bits per heavy atom. The minimum atomic E-state index is -0.732. The zero-order valence-corrected chi connectivity index (χ0v) is 10.9. The van der Waals surface area contributed by atoms with Crippen molar-refractivity contribution in [3.63, 3.8) is 0 Å². The number of nitrogens with one attached hydrogen (secondary N) is 2. The molecule has 0 fully saturated rings. The van der Waals surface area contributed by atoms with Crippen LogP contribution in [0.4, 0.5) is 0 Å². The monoisotopic (exact) mass is 286 g/mol. The van der Waals surface area contributed by atoms with Crippen LogP contribution in [0.15, 0.2) is 24.3 Å². The van der Waals surface area contributed by atoms with Gasteiger partial charge in [-0.1, -0.05) is 23.7 Å². The first-order valence-corrected chi connectivity index (χ1v) is 6.00. The van der Waals surface area contributed by atoms with E-state index in [1.807, 2.05) is 0 Å². The van der Waals surface area contributed by atoms with Crippen molar-refractivity contribution in [3.8, 4) is 0 Å². The van der Waals surface area contributed by atoms with Crippen LogP contribution in [-0.2, 0) is 4.79 Å². The Bertz CT molecular complexity index is 449. The van der Waals surface area contributed by atoms with Crippen LogP contribution in [0.25, 0.3) is 0 Å². The van der Waals surface area contributed by atoms with E-state index in [1.165, 1.54) is 0 Å². The predicted molar refractivity (Wildman–Crippen MR) is 69.9 cm³/mol. The number of hydrogen-bond donors (Lipinski definition) is 4. The summed E-state index contributed by atoms with van der Waals surface area (Å²) in [5.41, 5.74) is 0.276. The quantitative estimate of drug-likeness (QED) is 0.569. The van der Waals surface area contributed by atoms with Crippen LogP contribution in [0.3, 0.4) is 0 Å². The van der Waals surface area contributed by atoms with E-state index in [2.05, 4.69) is 10.6 Å². The zero-order chi connectivity index (χ0) is 14.3. The van der Waals surface area contributed by atoms with Crippen molar-refractivity contribution in [1.82, 2.24) is 10.6 Å². The predicted octanol–water partition coefficient (Wildman–Crippen LogP) is -0.461. The average Bonchev–Trinajstić information content (AvgIpc) is 2.42. The van der Waals surface area contributed by atoms with Gasteiger partial charge >= 0.3 is 0 Å². The van der Waals surface area contributed by atoms with Crippen molar-refractivity contribution in [2.75, 3.05) is 19.8 Å². The molecule has 6 nitrogen and oxygen atoms in total. The molecule has 0 unspecified atom stereocenters. The molecule has 104 valence electrons. The molecule has 0 bridgehead atoms. The fourth-order valence-electron chi connectivity index (χ4n) is 1.33. The highest BCUT2D eigenvalue weighted by atomic mass is 35.5. The van der Waals surface area contributed by atoms with E-state index in [4.69, 9.17) is 21.8 Å². The van der Waals surface area contributed by atoms with Crippen LogP contribution in [0, 0.1) is 0 Å². The second-order valence-electron chi connectivity index (χ2n) is 3.79. The highest BCUT2D eigenvalue weighted by molar-refractivity contribution is 6.33. The SMILES string of the molecule is O=C(CNC(=O)c1ccccc1Cl)NC(CO)CO. The molecule has 0 saturated carbocycles. The summed E-state index contributed by atoms with van der Waals surface area (Å²) >= 11 is 5.84. The van der Waals surface area contributed by atoms with Crippen LogP contribution in [0.2, 0.25) is 5.02 Å². The molecule has 0 radical (unpaired) electrons. The Hall–Kier alpha value is -1.63. The Labute approximate surface area is 115 Å². The molecule has 0 spiro atoms. The fourth-order valence-corrected chi connectivity index (χ4v) is 1.55. The molecule has 1 rings (SSSR count). The largest absolute Gasteiger partial charge is 0.394 e. The van der Waals surface area contributed by atoms with Crippen LogP contribution in [0.1, 0.15) is 10.4 Å². The maximum atomic E-state index is 11.7. The van der Waals surface area contributed by atoms with Crippen LogP contribution >= 0.6 is 11.6 Å². The molecule has 2 amide bonds. The maximum absolute atomic E-state index is 11.7. The molecular weight excluding hydrogens is 272 g/mol. The summed E-state index contributed by atoms with van der Waals surface area (Å²) < 4.78 is 0. The molecule has 0 aromatic heterocycles. The molecule has 1 aromatic rings. The molecule has 7 heteroatoms. The number of hydrogen-bond acceptors (Lipinski definition) is 4. The summed E-state index contributed by atoms with van der Waals surface area (Å²) in [6.45, 7) is -1.01. The Balaban J connectivity index is 2.47. The minimum absolute atomic E-state index is 0.263. The molecule has 0 aliphatic carbocycles. The third-order valence-corrected chi connectivity index (χ3v) is 2.66. The lowest BCUT2D eigenvalue weighted by Crippen LogP contribution is -2.45. The molecular formula is C12H15ClN2O4. The van der Waals surface area contributed by atoms with E-state index in [0.29, 0.717) is 5.02 Å². The molecule has 0 atom stereocenters. The standard InChI is InChI=1S/C12H15ClN2O4/c13-10-4-2-1-3-9(10)12(19)14-5-11(18)15-8(6-16)7-17/h1-4,8,16-17H,5-7H2,(H,14,19)(H,15,18). The van der Waals surface area contributed by atoms with Crippen LogP contribution in [-0.4, -0.2) is 47.8 Å². The van der Waals surface area contributed by atoms with Crippen molar-refractivity contribution in [2.45, 2.75) is 6.04 Å². The van der Waals surface area contributed by atoms with E-state index < -0.39 is 17.9 Å². The van der Waals surface area contributed by atoms with Gasteiger partial charge in [0.25, 0.3) is 5.91 Å². The Morgan fingerprint density at radius 2 is 1.84 bits per heavy atom. The number of carbonyl (C=O) groups is 2. The number of halogens is 1. The number of carbonyl (C=O) groups excluding carboxylic acids is 2. The van der Waals surface area contributed by atoms with Crippen molar-refractivity contribution < 1.29 is 19.8 Å². The van der Waals surface area contributed by atoms with Crippen molar-refractivity contribution in [3.05, 3.63) is 34.9 Å². The molecule has 0 heterocycles. The second-order valence-corrected chi connectivity index (χ2v) is 4.20. The first kappa shape index (κ1) is 15.4. The van der Waals surface area contributed by atoms with Gasteiger partial charge in [-0.25, -0.2) is 0 Å². The summed E-state index contributed by atoms with van der Waals surface area (Å²) in [4.78, 5) is 23.1. The summed E-state index contributed by atoms with van der Waals surface area (Å²) in [5.74, 6) is -0.973. The third-order valence-electron chi connectivity index (χ3n) is 2.33. The van der Waals surface area contributed by atoms with E-state index in [9.17, 15) is 9.59 Å². The highest BCUT2D eigenvalue weighted by Crippen LogP contribution is 2.14. The van der Waals surface area contributed by atoms with Crippen LogP contribution < -0.4 is 10.6 Å². The van der Waals surface area contributed by atoms with Gasteiger partial charge < -0.3 is 20.8 Å². The molecule has 1 aromatic carbocycles. The minimum Gasteiger partial charge on any atom is -0.394 e.